The van der Waals surface area contributed by atoms with Crippen molar-refractivity contribution in [1.29, 1.82) is 0 Å². The maximum Gasteiger partial charge on any atom is 0.203 e. The normalized spacial score (nSPS) is 16.5. The molecule has 8 heteroatoms. The van der Waals surface area contributed by atoms with E-state index in [0.29, 0.717) is 28.8 Å². The van der Waals surface area contributed by atoms with Gasteiger partial charge in [-0.05, 0) is 37.1 Å². The molecule has 1 aliphatic heterocycles. The molecule has 6 nitrogen and oxygen atoms in total. The molecule has 0 radical (unpaired) electrons. The number of aromatic nitrogens is 1. The lowest BCUT2D eigenvalue weighted by Crippen LogP contribution is -2.24. The predicted octanol–water partition coefficient (Wildman–Crippen LogP) is 5.31. The minimum Gasteiger partial charge on any atom is -0.493 e. The number of halogens is 1. The zero-order chi connectivity index (χ0) is 21.8. The molecule has 31 heavy (non-hydrogen) atoms. The van der Waals surface area contributed by atoms with E-state index in [1.54, 1.807) is 32.7 Å². The van der Waals surface area contributed by atoms with Gasteiger partial charge in [0.2, 0.25) is 5.75 Å². The molecule has 0 bridgehead atoms. The number of methoxy groups -OCH3 is 3. The van der Waals surface area contributed by atoms with Crippen LogP contribution < -0.4 is 19.0 Å². The molecule has 0 unspecified atom stereocenters. The van der Waals surface area contributed by atoms with Gasteiger partial charge in [-0.25, -0.2) is 4.99 Å². The summed E-state index contributed by atoms with van der Waals surface area (Å²) in [6, 6.07) is 11.5. The number of benzene rings is 2. The third-order valence-electron chi connectivity index (χ3n) is 5.24. The number of hydrogen-bond acceptors (Lipinski definition) is 6. The van der Waals surface area contributed by atoms with Crippen LogP contribution in [0.1, 0.15) is 12.8 Å². The zero-order valence-corrected chi connectivity index (χ0v) is 19.3. The molecule has 0 N–H and O–H groups in total. The summed E-state index contributed by atoms with van der Waals surface area (Å²) in [7, 11) is 4.84. The van der Waals surface area contributed by atoms with Crippen LogP contribution in [-0.4, -0.2) is 38.6 Å². The van der Waals surface area contributed by atoms with Crippen molar-refractivity contribution in [3.63, 3.8) is 0 Å². The van der Waals surface area contributed by atoms with Crippen LogP contribution in [0.3, 0.4) is 0 Å². The zero-order valence-electron chi connectivity index (χ0n) is 17.8. The molecule has 4 rings (SSSR count). The summed E-state index contributed by atoms with van der Waals surface area (Å²) in [6.45, 7) is 1.50. The Hall–Kier alpha value is -2.48. The van der Waals surface area contributed by atoms with E-state index in [2.05, 4.69) is 9.95 Å². The molecule has 0 amide bonds. The topological polar surface area (TPSA) is 54.2 Å². The van der Waals surface area contributed by atoms with E-state index >= 15 is 0 Å². The molecule has 1 saturated heterocycles. The Kier molecular flexibility index (Phi) is 6.85. The van der Waals surface area contributed by atoms with Crippen molar-refractivity contribution < 1.29 is 18.9 Å². The van der Waals surface area contributed by atoms with Gasteiger partial charge in [0, 0.05) is 17.6 Å². The first-order chi connectivity index (χ1) is 15.1. The average Bonchev–Trinajstić information content (AvgIpc) is 3.45. The van der Waals surface area contributed by atoms with E-state index in [0.717, 1.165) is 41.2 Å². The van der Waals surface area contributed by atoms with E-state index in [1.165, 1.54) is 0 Å². The summed E-state index contributed by atoms with van der Waals surface area (Å²) in [5.41, 5.74) is 2.69. The van der Waals surface area contributed by atoms with Crippen LogP contribution in [0.25, 0.3) is 11.3 Å². The standard InChI is InChI=1S/C23H25ClN2O4S/c1-27-20-11-15(12-21(28-2)22(20)29-3)19-14-31-23(25-18-9-5-4-8-17(18)24)26(19)13-16-7-6-10-30-16/h4-5,8-9,11-12,14,16H,6-7,10,13H2,1-3H3/t16-/m1/s1. The molecular weight excluding hydrogens is 436 g/mol. The Bertz CT molecular complexity index is 1090. The molecule has 3 aromatic rings. The minimum absolute atomic E-state index is 0.153. The monoisotopic (exact) mass is 460 g/mol. The predicted molar refractivity (Wildman–Crippen MR) is 123 cm³/mol. The van der Waals surface area contributed by atoms with Crippen LogP contribution in [0.15, 0.2) is 46.8 Å². The lowest BCUT2D eigenvalue weighted by molar-refractivity contribution is 0.0968. The Morgan fingerprint density at radius 3 is 2.48 bits per heavy atom. The summed E-state index contributed by atoms with van der Waals surface area (Å²) in [5.74, 6) is 1.78. The van der Waals surface area contributed by atoms with Gasteiger partial charge in [-0.15, -0.1) is 11.3 Å². The van der Waals surface area contributed by atoms with E-state index in [4.69, 9.17) is 35.5 Å². The fourth-order valence-corrected chi connectivity index (χ4v) is 4.80. The van der Waals surface area contributed by atoms with E-state index in [-0.39, 0.29) is 6.10 Å². The van der Waals surface area contributed by atoms with Gasteiger partial charge in [0.25, 0.3) is 0 Å². The number of nitrogens with zero attached hydrogens (tertiary/aromatic N) is 2. The highest BCUT2D eigenvalue weighted by Gasteiger charge is 2.21. The highest BCUT2D eigenvalue weighted by molar-refractivity contribution is 7.07. The molecule has 1 aliphatic rings. The first kappa shape index (κ1) is 21.7. The van der Waals surface area contributed by atoms with Crippen molar-refractivity contribution in [2.45, 2.75) is 25.5 Å². The average molecular weight is 461 g/mol. The van der Waals surface area contributed by atoms with Crippen molar-refractivity contribution >= 4 is 28.6 Å². The van der Waals surface area contributed by atoms with Gasteiger partial charge in [-0.1, -0.05) is 23.7 Å². The molecular formula is C23H25ClN2O4S. The minimum atomic E-state index is 0.153. The van der Waals surface area contributed by atoms with E-state index in [1.807, 2.05) is 36.4 Å². The van der Waals surface area contributed by atoms with E-state index < -0.39 is 0 Å². The number of ether oxygens (including phenoxy) is 4. The van der Waals surface area contributed by atoms with Crippen LogP contribution in [0.5, 0.6) is 17.2 Å². The maximum atomic E-state index is 6.36. The van der Waals surface area contributed by atoms with Gasteiger partial charge < -0.3 is 23.5 Å². The highest BCUT2D eigenvalue weighted by Crippen LogP contribution is 2.41. The Labute approximate surface area is 190 Å². The Morgan fingerprint density at radius 2 is 1.87 bits per heavy atom. The van der Waals surface area contributed by atoms with Crippen molar-refractivity contribution in [2.24, 2.45) is 4.99 Å². The third kappa shape index (κ3) is 4.59. The smallest absolute Gasteiger partial charge is 0.203 e. The summed E-state index contributed by atoms with van der Waals surface area (Å²) in [5, 5.41) is 2.71. The molecule has 1 aromatic heterocycles. The first-order valence-corrected chi connectivity index (χ1v) is 11.3. The fraction of sp³-hybridized carbons (Fsp3) is 0.348. The summed E-state index contributed by atoms with van der Waals surface area (Å²) in [4.78, 5) is 5.71. The lowest BCUT2D eigenvalue weighted by atomic mass is 10.1. The number of thiazole rings is 1. The summed E-state index contributed by atoms with van der Waals surface area (Å²) in [6.07, 6.45) is 2.26. The Balaban J connectivity index is 1.87. The van der Waals surface area contributed by atoms with Crippen molar-refractivity contribution in [2.75, 3.05) is 27.9 Å². The second-order valence-electron chi connectivity index (χ2n) is 7.13. The van der Waals surface area contributed by atoms with Gasteiger partial charge in [0.15, 0.2) is 16.3 Å². The molecule has 164 valence electrons. The van der Waals surface area contributed by atoms with Crippen LogP contribution in [0.2, 0.25) is 5.02 Å². The molecule has 0 aliphatic carbocycles. The lowest BCUT2D eigenvalue weighted by Gasteiger charge is -2.17. The number of hydrogen-bond donors (Lipinski definition) is 0. The third-order valence-corrected chi connectivity index (χ3v) is 6.42. The summed E-state index contributed by atoms with van der Waals surface area (Å²) >= 11 is 7.93. The van der Waals surface area contributed by atoms with Crippen molar-refractivity contribution in [3.05, 3.63) is 51.6 Å². The number of para-hydroxylation sites is 1. The van der Waals surface area contributed by atoms with Crippen LogP contribution >= 0.6 is 22.9 Å². The second kappa shape index (κ2) is 9.77. The second-order valence-corrected chi connectivity index (χ2v) is 8.37. The van der Waals surface area contributed by atoms with Crippen LogP contribution in [0.4, 0.5) is 5.69 Å². The fourth-order valence-electron chi connectivity index (χ4n) is 3.69. The highest BCUT2D eigenvalue weighted by atomic mass is 35.5. The van der Waals surface area contributed by atoms with Crippen LogP contribution in [-0.2, 0) is 11.3 Å². The molecule has 2 heterocycles. The largest absolute Gasteiger partial charge is 0.493 e. The van der Waals surface area contributed by atoms with Crippen LogP contribution in [0, 0.1) is 0 Å². The maximum absolute atomic E-state index is 6.36. The van der Waals surface area contributed by atoms with Crippen molar-refractivity contribution in [3.8, 4) is 28.5 Å². The first-order valence-electron chi connectivity index (χ1n) is 10.0. The Morgan fingerprint density at radius 1 is 1.13 bits per heavy atom. The summed E-state index contributed by atoms with van der Waals surface area (Å²) < 4.78 is 24.7. The van der Waals surface area contributed by atoms with Crippen molar-refractivity contribution in [1.82, 2.24) is 4.57 Å². The van der Waals surface area contributed by atoms with E-state index in [9.17, 15) is 0 Å². The van der Waals surface area contributed by atoms with Gasteiger partial charge >= 0.3 is 0 Å². The molecule has 1 atom stereocenters. The van der Waals surface area contributed by atoms with Gasteiger partial charge in [0.05, 0.1) is 50.4 Å². The van der Waals surface area contributed by atoms with Gasteiger partial charge in [-0.3, -0.25) is 0 Å². The quantitative estimate of drug-likeness (QED) is 0.479. The molecule has 0 saturated carbocycles. The number of rotatable bonds is 7. The van der Waals surface area contributed by atoms with Gasteiger partial charge in [-0.2, -0.15) is 0 Å². The molecule has 2 aromatic carbocycles. The SMILES string of the molecule is COc1cc(-c2csc(=Nc3ccccc3Cl)n2C[C@H]2CCCO2)cc(OC)c1OC. The molecule has 0 spiro atoms. The van der Waals surface area contributed by atoms with Gasteiger partial charge in [0.1, 0.15) is 0 Å². The molecule has 1 fully saturated rings.